The molecule has 0 atom stereocenters. The van der Waals surface area contributed by atoms with Crippen LogP contribution in [0.15, 0.2) is 0 Å². The molecular weight excluding hydrogens is 314 g/mol. The zero-order valence-corrected chi connectivity index (χ0v) is 13.8. The number of carbonyl (C=O) groups excluding carboxylic acids is 3. The number of piperidine rings is 1. The minimum absolute atomic E-state index is 0.124. The normalized spacial score (nSPS) is 18.5. The number of amides is 3. The topological polar surface area (TPSA) is 106 Å². The van der Waals surface area contributed by atoms with Gasteiger partial charge >= 0.3 is 0 Å². The van der Waals surface area contributed by atoms with E-state index in [-0.39, 0.29) is 17.7 Å². The third kappa shape index (κ3) is 2.97. The molecule has 0 aromatic carbocycles. The van der Waals surface area contributed by atoms with Crippen LogP contribution in [0.2, 0.25) is 0 Å². The third-order valence-electron chi connectivity index (χ3n) is 4.79. The van der Waals surface area contributed by atoms with Gasteiger partial charge in [0, 0.05) is 23.9 Å². The molecule has 3 rings (SSSR count). The summed E-state index contributed by atoms with van der Waals surface area (Å²) in [7, 11) is 0. The predicted molar refractivity (Wildman–Crippen MR) is 87.3 cm³/mol. The van der Waals surface area contributed by atoms with Gasteiger partial charge in [-0.2, -0.15) is 0 Å². The average Bonchev–Trinajstić information content (AvgIpc) is 2.94. The number of hydrogen-bond donors (Lipinski definition) is 2. The summed E-state index contributed by atoms with van der Waals surface area (Å²) in [5.74, 6) is -1.12. The molecule has 3 amide bonds. The molecule has 1 fully saturated rings. The third-order valence-corrected chi connectivity index (χ3v) is 6.10. The highest BCUT2D eigenvalue weighted by Gasteiger charge is 2.32. The van der Waals surface area contributed by atoms with Crippen LogP contribution in [0.5, 0.6) is 0 Å². The Morgan fingerprint density at radius 3 is 2.30 bits per heavy atom. The highest BCUT2D eigenvalue weighted by Crippen LogP contribution is 2.35. The van der Waals surface area contributed by atoms with Crippen LogP contribution in [0.3, 0.4) is 0 Å². The quantitative estimate of drug-likeness (QED) is 0.862. The SMILES string of the molecule is NC(=O)c1sc2c(c1C(=O)N1CCC(C(N)=O)CC1)CCCC2. The lowest BCUT2D eigenvalue weighted by Gasteiger charge is -2.31. The zero-order valence-electron chi connectivity index (χ0n) is 13.0. The number of likely N-dealkylation sites (tertiary alicyclic amines) is 1. The standard InChI is InChI=1S/C16H21N3O3S/c17-14(20)9-5-7-19(8-6-9)16(22)12-10-3-1-2-4-11(10)23-13(12)15(18)21/h9H,1-8H2,(H2,17,20)(H2,18,21). The van der Waals surface area contributed by atoms with Crippen LogP contribution in [-0.2, 0) is 17.6 Å². The second kappa shape index (κ2) is 6.31. The van der Waals surface area contributed by atoms with Gasteiger partial charge in [0.05, 0.1) is 5.56 Å². The molecule has 4 N–H and O–H groups in total. The van der Waals surface area contributed by atoms with E-state index in [0.29, 0.717) is 36.4 Å². The first kappa shape index (κ1) is 16.0. The van der Waals surface area contributed by atoms with Gasteiger partial charge in [0.1, 0.15) is 4.88 Å². The van der Waals surface area contributed by atoms with Crippen LogP contribution in [0, 0.1) is 5.92 Å². The van der Waals surface area contributed by atoms with Crippen molar-refractivity contribution in [1.82, 2.24) is 4.90 Å². The van der Waals surface area contributed by atoms with Gasteiger partial charge in [-0.15, -0.1) is 11.3 Å². The number of aryl methyl sites for hydroxylation is 1. The average molecular weight is 335 g/mol. The van der Waals surface area contributed by atoms with Crippen LogP contribution in [0.4, 0.5) is 0 Å². The monoisotopic (exact) mass is 335 g/mol. The van der Waals surface area contributed by atoms with E-state index in [0.717, 1.165) is 36.1 Å². The Bertz CT molecular complexity index is 660. The van der Waals surface area contributed by atoms with E-state index < -0.39 is 5.91 Å². The van der Waals surface area contributed by atoms with Crippen LogP contribution in [0.1, 0.15) is 56.2 Å². The number of hydrogen-bond acceptors (Lipinski definition) is 4. The van der Waals surface area contributed by atoms with Crippen molar-refractivity contribution < 1.29 is 14.4 Å². The van der Waals surface area contributed by atoms with Crippen molar-refractivity contribution in [1.29, 1.82) is 0 Å². The van der Waals surface area contributed by atoms with Crippen molar-refractivity contribution in [3.63, 3.8) is 0 Å². The molecule has 2 heterocycles. The maximum atomic E-state index is 12.9. The van der Waals surface area contributed by atoms with Gasteiger partial charge in [-0.05, 0) is 44.1 Å². The molecule has 0 radical (unpaired) electrons. The van der Waals surface area contributed by atoms with Crippen molar-refractivity contribution in [3.8, 4) is 0 Å². The van der Waals surface area contributed by atoms with Gasteiger partial charge in [-0.3, -0.25) is 14.4 Å². The van der Waals surface area contributed by atoms with Gasteiger partial charge in [0.25, 0.3) is 11.8 Å². The lowest BCUT2D eigenvalue weighted by molar-refractivity contribution is -0.123. The largest absolute Gasteiger partial charge is 0.369 e. The van der Waals surface area contributed by atoms with Crippen LogP contribution < -0.4 is 11.5 Å². The summed E-state index contributed by atoms with van der Waals surface area (Å²) in [6, 6.07) is 0. The minimum atomic E-state index is -0.528. The Morgan fingerprint density at radius 2 is 1.70 bits per heavy atom. The summed E-state index contributed by atoms with van der Waals surface area (Å²) in [5.41, 5.74) is 12.4. The highest BCUT2D eigenvalue weighted by molar-refractivity contribution is 7.14. The fourth-order valence-electron chi connectivity index (χ4n) is 3.49. The number of nitrogens with two attached hydrogens (primary N) is 2. The highest BCUT2D eigenvalue weighted by atomic mass is 32.1. The summed E-state index contributed by atoms with van der Waals surface area (Å²) in [6.45, 7) is 0.991. The summed E-state index contributed by atoms with van der Waals surface area (Å²) in [4.78, 5) is 39.2. The fourth-order valence-corrected chi connectivity index (χ4v) is 4.72. The maximum Gasteiger partial charge on any atom is 0.259 e. The van der Waals surface area contributed by atoms with Crippen molar-refractivity contribution in [2.24, 2.45) is 17.4 Å². The van der Waals surface area contributed by atoms with Crippen LogP contribution in [-0.4, -0.2) is 35.7 Å². The van der Waals surface area contributed by atoms with Crippen molar-refractivity contribution in [2.75, 3.05) is 13.1 Å². The minimum Gasteiger partial charge on any atom is -0.369 e. The molecule has 0 saturated carbocycles. The lowest BCUT2D eigenvalue weighted by atomic mass is 9.92. The molecule has 23 heavy (non-hydrogen) atoms. The smallest absolute Gasteiger partial charge is 0.259 e. The van der Waals surface area contributed by atoms with Crippen molar-refractivity contribution in [2.45, 2.75) is 38.5 Å². The Labute approximate surface area is 138 Å². The molecule has 7 heteroatoms. The molecule has 1 aliphatic heterocycles. The summed E-state index contributed by atoms with van der Waals surface area (Å²) < 4.78 is 0. The second-order valence-corrected chi connectivity index (χ2v) is 7.35. The first-order valence-electron chi connectivity index (χ1n) is 8.02. The van der Waals surface area contributed by atoms with E-state index in [2.05, 4.69) is 0 Å². The molecule has 0 unspecified atom stereocenters. The van der Waals surface area contributed by atoms with E-state index in [4.69, 9.17) is 11.5 Å². The number of nitrogens with zero attached hydrogens (tertiary/aromatic N) is 1. The Hall–Kier alpha value is -1.89. The zero-order chi connectivity index (χ0) is 16.6. The first-order chi connectivity index (χ1) is 11.0. The Kier molecular flexibility index (Phi) is 4.39. The van der Waals surface area contributed by atoms with Crippen LogP contribution >= 0.6 is 11.3 Å². The Morgan fingerprint density at radius 1 is 1.04 bits per heavy atom. The molecule has 0 bridgehead atoms. The molecule has 1 aliphatic carbocycles. The summed E-state index contributed by atoms with van der Waals surface area (Å²) >= 11 is 1.37. The van der Waals surface area contributed by atoms with Crippen molar-refractivity contribution >= 4 is 29.1 Å². The molecule has 0 spiro atoms. The lowest BCUT2D eigenvalue weighted by Crippen LogP contribution is -2.42. The van der Waals surface area contributed by atoms with Gasteiger partial charge < -0.3 is 16.4 Å². The van der Waals surface area contributed by atoms with E-state index in [1.807, 2.05) is 0 Å². The first-order valence-corrected chi connectivity index (χ1v) is 8.83. The van der Waals surface area contributed by atoms with Gasteiger partial charge in [0.15, 0.2) is 0 Å². The molecule has 6 nitrogen and oxygen atoms in total. The molecule has 1 aromatic heterocycles. The second-order valence-electron chi connectivity index (χ2n) is 6.25. The van der Waals surface area contributed by atoms with Gasteiger partial charge in [-0.1, -0.05) is 0 Å². The van der Waals surface area contributed by atoms with E-state index in [1.54, 1.807) is 4.90 Å². The molecule has 2 aliphatic rings. The molecule has 1 saturated heterocycles. The van der Waals surface area contributed by atoms with Gasteiger partial charge in [-0.25, -0.2) is 0 Å². The van der Waals surface area contributed by atoms with Crippen molar-refractivity contribution in [3.05, 3.63) is 20.9 Å². The fraction of sp³-hybridized carbons (Fsp3) is 0.562. The number of rotatable bonds is 3. The Balaban J connectivity index is 1.86. The summed E-state index contributed by atoms with van der Waals surface area (Å²) in [6.07, 6.45) is 5.03. The number of carbonyl (C=O) groups is 3. The molecule has 1 aromatic rings. The number of fused-ring (bicyclic) bond motifs is 1. The van der Waals surface area contributed by atoms with E-state index in [9.17, 15) is 14.4 Å². The van der Waals surface area contributed by atoms with E-state index >= 15 is 0 Å². The molecule has 124 valence electrons. The number of thiophene rings is 1. The molecular formula is C16H21N3O3S. The number of primary amides is 2. The van der Waals surface area contributed by atoms with Crippen LogP contribution in [0.25, 0.3) is 0 Å². The summed E-state index contributed by atoms with van der Waals surface area (Å²) in [5, 5.41) is 0. The van der Waals surface area contributed by atoms with Gasteiger partial charge in [0.2, 0.25) is 5.91 Å². The van der Waals surface area contributed by atoms with E-state index in [1.165, 1.54) is 11.3 Å². The predicted octanol–water partition coefficient (Wildman–Crippen LogP) is 1.06. The maximum absolute atomic E-state index is 12.9.